The van der Waals surface area contributed by atoms with Gasteiger partial charge in [0.25, 0.3) is 0 Å². The zero-order valence-electron chi connectivity index (χ0n) is 11.7. The maximum atomic E-state index is 13.0. The van der Waals surface area contributed by atoms with Crippen LogP contribution in [0.2, 0.25) is 0 Å². The summed E-state index contributed by atoms with van der Waals surface area (Å²) in [4.78, 5) is 11.9. The van der Waals surface area contributed by atoms with Gasteiger partial charge in [-0.1, -0.05) is 12.1 Å². The summed E-state index contributed by atoms with van der Waals surface area (Å²) in [6.07, 6.45) is 2.49. The Balaban J connectivity index is 1.91. The standard InChI is InChI=1S/C15H18FN3O/c1-3-19-11(2)14(10-17-19)18-15(20)8-7-12-5-4-6-13(16)9-12/h4-6,9-10H,3,7-8H2,1-2H3,(H,18,20). The molecule has 5 heteroatoms. The Morgan fingerprint density at radius 1 is 1.45 bits per heavy atom. The van der Waals surface area contributed by atoms with Gasteiger partial charge < -0.3 is 5.32 Å². The lowest BCUT2D eigenvalue weighted by molar-refractivity contribution is -0.116. The van der Waals surface area contributed by atoms with Crippen LogP contribution in [0.1, 0.15) is 24.6 Å². The van der Waals surface area contributed by atoms with E-state index in [-0.39, 0.29) is 11.7 Å². The lowest BCUT2D eigenvalue weighted by Crippen LogP contribution is -2.13. The van der Waals surface area contributed by atoms with Crippen LogP contribution in [-0.4, -0.2) is 15.7 Å². The quantitative estimate of drug-likeness (QED) is 0.912. The second-order valence-corrected chi connectivity index (χ2v) is 4.64. The van der Waals surface area contributed by atoms with E-state index in [0.717, 1.165) is 23.5 Å². The first-order chi connectivity index (χ1) is 9.60. The number of amides is 1. The monoisotopic (exact) mass is 275 g/mol. The number of nitrogens with one attached hydrogen (secondary N) is 1. The van der Waals surface area contributed by atoms with Crippen molar-refractivity contribution in [1.29, 1.82) is 0 Å². The molecule has 1 N–H and O–H groups in total. The van der Waals surface area contributed by atoms with Crippen LogP contribution in [0, 0.1) is 12.7 Å². The van der Waals surface area contributed by atoms with Crippen LogP contribution in [-0.2, 0) is 17.8 Å². The molecule has 106 valence electrons. The van der Waals surface area contributed by atoms with Gasteiger partial charge in [0.1, 0.15) is 5.82 Å². The van der Waals surface area contributed by atoms with Gasteiger partial charge >= 0.3 is 0 Å². The van der Waals surface area contributed by atoms with Crippen molar-refractivity contribution in [2.75, 3.05) is 5.32 Å². The first-order valence-corrected chi connectivity index (χ1v) is 6.67. The number of benzene rings is 1. The molecule has 0 aliphatic carbocycles. The molecule has 4 nitrogen and oxygen atoms in total. The lowest BCUT2D eigenvalue weighted by Gasteiger charge is -2.05. The van der Waals surface area contributed by atoms with E-state index in [1.54, 1.807) is 12.3 Å². The molecule has 1 aromatic heterocycles. The number of carbonyl (C=O) groups is 1. The van der Waals surface area contributed by atoms with Crippen molar-refractivity contribution >= 4 is 11.6 Å². The highest BCUT2D eigenvalue weighted by Gasteiger charge is 2.09. The van der Waals surface area contributed by atoms with Gasteiger partial charge in [0, 0.05) is 13.0 Å². The van der Waals surface area contributed by atoms with Gasteiger partial charge in [-0.3, -0.25) is 9.48 Å². The highest BCUT2D eigenvalue weighted by Crippen LogP contribution is 2.14. The number of aromatic nitrogens is 2. The Labute approximate surface area is 117 Å². The maximum Gasteiger partial charge on any atom is 0.224 e. The van der Waals surface area contributed by atoms with Crippen molar-refractivity contribution < 1.29 is 9.18 Å². The van der Waals surface area contributed by atoms with E-state index in [1.165, 1.54) is 12.1 Å². The molecule has 0 aliphatic rings. The molecule has 0 bridgehead atoms. The van der Waals surface area contributed by atoms with Gasteiger partial charge in [-0.05, 0) is 38.0 Å². The molecule has 0 saturated carbocycles. The van der Waals surface area contributed by atoms with E-state index >= 15 is 0 Å². The number of anilines is 1. The summed E-state index contributed by atoms with van der Waals surface area (Å²) in [5.41, 5.74) is 2.49. The molecule has 2 aromatic rings. The highest BCUT2D eigenvalue weighted by atomic mass is 19.1. The third kappa shape index (κ3) is 3.44. The topological polar surface area (TPSA) is 46.9 Å². The van der Waals surface area contributed by atoms with Crippen molar-refractivity contribution in [3.8, 4) is 0 Å². The average Bonchev–Trinajstić information content (AvgIpc) is 2.77. The number of hydrogen-bond donors (Lipinski definition) is 1. The molecule has 2 rings (SSSR count). The van der Waals surface area contributed by atoms with Crippen molar-refractivity contribution in [3.63, 3.8) is 0 Å². The van der Waals surface area contributed by atoms with Gasteiger partial charge in [-0.15, -0.1) is 0 Å². The van der Waals surface area contributed by atoms with Crippen LogP contribution >= 0.6 is 0 Å². The van der Waals surface area contributed by atoms with Crippen LogP contribution in [0.5, 0.6) is 0 Å². The van der Waals surface area contributed by atoms with Crippen LogP contribution < -0.4 is 5.32 Å². The van der Waals surface area contributed by atoms with E-state index in [0.29, 0.717) is 12.8 Å². The SMILES string of the molecule is CCn1ncc(NC(=O)CCc2cccc(F)c2)c1C. The predicted octanol–water partition coefficient (Wildman–Crippen LogP) is 2.92. The Bertz CT molecular complexity index is 607. The zero-order valence-corrected chi connectivity index (χ0v) is 11.7. The summed E-state index contributed by atoms with van der Waals surface area (Å²) >= 11 is 0. The maximum absolute atomic E-state index is 13.0. The first kappa shape index (κ1) is 14.2. The molecule has 1 heterocycles. The molecule has 0 radical (unpaired) electrons. The summed E-state index contributed by atoms with van der Waals surface area (Å²) in [6, 6.07) is 6.31. The number of rotatable bonds is 5. The average molecular weight is 275 g/mol. The van der Waals surface area contributed by atoms with Crippen molar-refractivity contribution in [1.82, 2.24) is 9.78 Å². The fraction of sp³-hybridized carbons (Fsp3) is 0.333. The molecule has 0 aliphatic heterocycles. The Morgan fingerprint density at radius 3 is 2.90 bits per heavy atom. The number of carbonyl (C=O) groups excluding carboxylic acids is 1. The third-order valence-corrected chi connectivity index (χ3v) is 3.21. The minimum Gasteiger partial charge on any atom is -0.323 e. The summed E-state index contributed by atoms with van der Waals surface area (Å²) in [5.74, 6) is -0.365. The summed E-state index contributed by atoms with van der Waals surface area (Å²) in [5, 5.41) is 7.00. The molecular formula is C15H18FN3O. The number of aryl methyl sites for hydroxylation is 2. The molecule has 1 amide bonds. The van der Waals surface area contributed by atoms with E-state index in [9.17, 15) is 9.18 Å². The fourth-order valence-corrected chi connectivity index (χ4v) is 2.05. The summed E-state index contributed by atoms with van der Waals surface area (Å²) in [6.45, 7) is 4.68. The summed E-state index contributed by atoms with van der Waals surface area (Å²) in [7, 11) is 0. The highest BCUT2D eigenvalue weighted by molar-refractivity contribution is 5.91. The Hall–Kier alpha value is -2.17. The van der Waals surface area contributed by atoms with E-state index in [1.807, 2.05) is 24.6 Å². The first-order valence-electron chi connectivity index (χ1n) is 6.67. The van der Waals surface area contributed by atoms with E-state index in [2.05, 4.69) is 10.4 Å². The van der Waals surface area contributed by atoms with Gasteiger partial charge in [0.05, 0.1) is 17.6 Å². The molecule has 0 atom stereocenters. The van der Waals surface area contributed by atoms with E-state index in [4.69, 9.17) is 0 Å². The smallest absolute Gasteiger partial charge is 0.224 e. The summed E-state index contributed by atoms with van der Waals surface area (Å²) < 4.78 is 14.8. The van der Waals surface area contributed by atoms with E-state index < -0.39 is 0 Å². The van der Waals surface area contributed by atoms with Crippen LogP contribution in [0.25, 0.3) is 0 Å². The van der Waals surface area contributed by atoms with Crippen LogP contribution in [0.15, 0.2) is 30.5 Å². The normalized spacial score (nSPS) is 10.6. The second-order valence-electron chi connectivity index (χ2n) is 4.64. The van der Waals surface area contributed by atoms with Crippen LogP contribution in [0.4, 0.5) is 10.1 Å². The molecule has 1 aromatic carbocycles. The molecule has 20 heavy (non-hydrogen) atoms. The number of halogens is 1. The van der Waals surface area contributed by atoms with Crippen molar-refractivity contribution in [2.45, 2.75) is 33.2 Å². The second kappa shape index (κ2) is 6.32. The number of hydrogen-bond acceptors (Lipinski definition) is 2. The van der Waals surface area contributed by atoms with Crippen molar-refractivity contribution in [2.24, 2.45) is 0 Å². The molecule has 0 saturated heterocycles. The number of nitrogens with zero attached hydrogens (tertiary/aromatic N) is 2. The predicted molar refractivity (Wildman–Crippen MR) is 76.0 cm³/mol. The Morgan fingerprint density at radius 2 is 2.25 bits per heavy atom. The van der Waals surface area contributed by atoms with Crippen molar-refractivity contribution in [3.05, 3.63) is 47.5 Å². The van der Waals surface area contributed by atoms with Gasteiger partial charge in [-0.25, -0.2) is 4.39 Å². The fourth-order valence-electron chi connectivity index (χ4n) is 2.05. The zero-order chi connectivity index (χ0) is 14.5. The largest absolute Gasteiger partial charge is 0.323 e. The minimum absolute atomic E-state index is 0.0898. The minimum atomic E-state index is -0.275. The third-order valence-electron chi connectivity index (χ3n) is 3.21. The lowest BCUT2D eigenvalue weighted by atomic mass is 10.1. The molecular weight excluding hydrogens is 257 g/mol. The van der Waals surface area contributed by atoms with Gasteiger partial charge in [0.15, 0.2) is 0 Å². The molecule has 0 unspecified atom stereocenters. The molecule has 0 fully saturated rings. The van der Waals surface area contributed by atoms with Gasteiger partial charge in [-0.2, -0.15) is 5.10 Å². The van der Waals surface area contributed by atoms with Gasteiger partial charge in [0.2, 0.25) is 5.91 Å². The molecule has 0 spiro atoms. The van der Waals surface area contributed by atoms with Crippen LogP contribution in [0.3, 0.4) is 0 Å². The Kier molecular flexibility index (Phi) is 4.50.